The molecule has 0 aromatic heterocycles. The minimum Gasteiger partial charge on any atom is -0.339 e. The molecule has 0 saturated carbocycles. The van der Waals surface area contributed by atoms with Crippen molar-refractivity contribution in [2.45, 2.75) is 25.7 Å². The Morgan fingerprint density at radius 1 is 1.43 bits per heavy atom. The molecule has 0 atom stereocenters. The number of carbonyl (C=O) groups excluding carboxylic acids is 1. The van der Waals surface area contributed by atoms with Crippen LogP contribution in [0.1, 0.15) is 31.1 Å². The van der Waals surface area contributed by atoms with Gasteiger partial charge in [0.2, 0.25) is 0 Å². The van der Waals surface area contributed by atoms with Crippen molar-refractivity contribution < 1.29 is 17.6 Å². The summed E-state index contributed by atoms with van der Waals surface area (Å²) < 4.78 is 36.5. The van der Waals surface area contributed by atoms with Gasteiger partial charge in [0, 0.05) is 23.8 Å². The van der Waals surface area contributed by atoms with Crippen LogP contribution in [0.2, 0.25) is 0 Å². The van der Waals surface area contributed by atoms with E-state index in [4.69, 9.17) is 10.7 Å². The van der Waals surface area contributed by atoms with Crippen LogP contribution in [-0.4, -0.2) is 32.3 Å². The van der Waals surface area contributed by atoms with Crippen molar-refractivity contribution in [1.29, 1.82) is 0 Å². The van der Waals surface area contributed by atoms with E-state index in [0.29, 0.717) is 13.1 Å². The zero-order valence-corrected chi connectivity index (χ0v) is 15.0. The molecule has 0 aliphatic rings. The van der Waals surface area contributed by atoms with Crippen molar-refractivity contribution >= 4 is 41.6 Å². The third-order valence-electron chi connectivity index (χ3n) is 2.75. The third kappa shape index (κ3) is 4.66. The number of rotatable bonds is 5. The summed E-state index contributed by atoms with van der Waals surface area (Å²) in [5.74, 6) is -1.04. The number of hydrogen-bond donors (Lipinski definition) is 0. The average Bonchev–Trinajstić information content (AvgIpc) is 2.36. The van der Waals surface area contributed by atoms with Gasteiger partial charge < -0.3 is 4.90 Å². The summed E-state index contributed by atoms with van der Waals surface area (Å²) in [4.78, 5) is 13.5. The first-order valence-electron chi connectivity index (χ1n) is 6.30. The fourth-order valence-corrected chi connectivity index (χ4v) is 4.12. The molecule has 118 valence electrons. The lowest BCUT2D eigenvalue weighted by Gasteiger charge is -2.23. The molecule has 0 heterocycles. The normalized spacial score (nSPS) is 11.8. The lowest BCUT2D eigenvalue weighted by molar-refractivity contribution is 0.0744. The molecule has 0 bridgehead atoms. The van der Waals surface area contributed by atoms with Gasteiger partial charge in [-0.3, -0.25) is 4.79 Å². The van der Waals surface area contributed by atoms with Crippen LogP contribution in [0.15, 0.2) is 21.5 Å². The minimum absolute atomic E-state index is 0.0221. The summed E-state index contributed by atoms with van der Waals surface area (Å²) in [6, 6.07) is 1.78. The highest BCUT2D eigenvalue weighted by Crippen LogP contribution is 2.30. The molecule has 21 heavy (non-hydrogen) atoms. The average molecular weight is 401 g/mol. The maximum atomic E-state index is 13.6. The zero-order chi connectivity index (χ0) is 16.4. The quantitative estimate of drug-likeness (QED) is 0.709. The van der Waals surface area contributed by atoms with Crippen LogP contribution < -0.4 is 0 Å². The molecule has 0 N–H and O–H groups in total. The molecule has 1 aromatic carbocycles. The van der Waals surface area contributed by atoms with E-state index in [9.17, 15) is 17.6 Å². The van der Waals surface area contributed by atoms with Gasteiger partial charge in [0.05, 0.1) is 10.0 Å². The van der Waals surface area contributed by atoms with Gasteiger partial charge >= 0.3 is 0 Å². The Kier molecular flexibility index (Phi) is 6.19. The summed E-state index contributed by atoms with van der Waals surface area (Å²) in [5.41, 5.74) is -0.0586. The number of nitrogens with zero attached hydrogens (tertiary/aromatic N) is 1. The molecule has 0 unspecified atom stereocenters. The van der Waals surface area contributed by atoms with E-state index >= 15 is 0 Å². The van der Waals surface area contributed by atoms with Crippen LogP contribution in [0.25, 0.3) is 0 Å². The molecule has 1 aromatic rings. The summed E-state index contributed by atoms with van der Waals surface area (Å²) >= 11 is 3.04. The first kappa shape index (κ1) is 18.4. The number of carbonyl (C=O) groups is 1. The predicted molar refractivity (Wildman–Crippen MR) is 83.6 cm³/mol. The molecular formula is C13H16BrClFNO3S. The summed E-state index contributed by atoms with van der Waals surface area (Å²) in [7, 11) is 1.11. The molecule has 0 spiro atoms. The fraction of sp³-hybridized carbons (Fsp3) is 0.462. The molecular weight excluding hydrogens is 385 g/mol. The van der Waals surface area contributed by atoms with E-state index in [2.05, 4.69) is 15.9 Å². The number of amides is 1. The minimum atomic E-state index is -4.15. The van der Waals surface area contributed by atoms with Crippen molar-refractivity contribution in [1.82, 2.24) is 4.90 Å². The van der Waals surface area contributed by atoms with E-state index in [1.54, 1.807) is 6.92 Å². The topological polar surface area (TPSA) is 54.5 Å². The van der Waals surface area contributed by atoms with Gasteiger partial charge in [-0.25, -0.2) is 12.8 Å². The molecule has 4 nitrogen and oxygen atoms in total. The maximum Gasteiger partial charge on any atom is 0.262 e. The van der Waals surface area contributed by atoms with Gasteiger partial charge in [-0.05, 0) is 40.9 Å². The van der Waals surface area contributed by atoms with Gasteiger partial charge in [-0.1, -0.05) is 13.8 Å². The molecule has 0 radical (unpaired) electrons. The molecule has 0 aliphatic heterocycles. The first-order valence-corrected chi connectivity index (χ1v) is 9.41. The SMILES string of the molecule is CCN(CC(C)C)C(=O)c1cc(F)cc(S(=O)(=O)Cl)c1Br. The Bertz CT molecular complexity index is 649. The highest BCUT2D eigenvalue weighted by molar-refractivity contribution is 9.10. The highest BCUT2D eigenvalue weighted by Gasteiger charge is 2.25. The molecule has 1 amide bonds. The Balaban J connectivity index is 3.36. The van der Waals surface area contributed by atoms with E-state index < -0.39 is 25.7 Å². The Labute approximate surface area is 136 Å². The maximum absolute atomic E-state index is 13.6. The second kappa shape index (κ2) is 7.07. The van der Waals surface area contributed by atoms with Gasteiger partial charge in [0.25, 0.3) is 15.0 Å². The lowest BCUT2D eigenvalue weighted by atomic mass is 10.1. The van der Waals surface area contributed by atoms with Gasteiger partial charge in [-0.15, -0.1) is 0 Å². The molecule has 0 aliphatic carbocycles. The highest BCUT2D eigenvalue weighted by atomic mass is 79.9. The van der Waals surface area contributed by atoms with Gasteiger partial charge in [-0.2, -0.15) is 0 Å². The van der Waals surface area contributed by atoms with Crippen molar-refractivity contribution in [3.8, 4) is 0 Å². The standard InChI is InChI=1S/C13H16BrClFNO3S/c1-4-17(7-8(2)3)13(18)10-5-9(16)6-11(12(10)14)21(15,19)20/h5-6,8H,4,7H2,1-3H3. The largest absolute Gasteiger partial charge is 0.339 e. The van der Waals surface area contributed by atoms with Crippen LogP contribution in [0.5, 0.6) is 0 Å². The second-order valence-corrected chi connectivity index (χ2v) is 8.27. The summed E-state index contributed by atoms with van der Waals surface area (Å²) in [6.45, 7) is 6.62. The van der Waals surface area contributed by atoms with Gasteiger partial charge in [0.15, 0.2) is 0 Å². The van der Waals surface area contributed by atoms with Crippen LogP contribution in [0.3, 0.4) is 0 Å². The monoisotopic (exact) mass is 399 g/mol. The Morgan fingerprint density at radius 2 is 2.00 bits per heavy atom. The van der Waals surface area contributed by atoms with Crippen LogP contribution in [-0.2, 0) is 9.05 Å². The van der Waals surface area contributed by atoms with Crippen molar-refractivity contribution in [3.05, 3.63) is 28.0 Å². The second-order valence-electron chi connectivity index (χ2n) is 4.94. The van der Waals surface area contributed by atoms with Crippen LogP contribution >= 0.6 is 26.6 Å². The van der Waals surface area contributed by atoms with Crippen LogP contribution in [0.4, 0.5) is 4.39 Å². The number of halogens is 3. The molecule has 1 rings (SSSR count). The van der Waals surface area contributed by atoms with E-state index in [0.717, 1.165) is 12.1 Å². The van der Waals surface area contributed by atoms with Gasteiger partial charge in [0.1, 0.15) is 10.7 Å². The fourth-order valence-electron chi connectivity index (χ4n) is 1.86. The summed E-state index contributed by atoms with van der Waals surface area (Å²) in [5, 5.41) is 0. The van der Waals surface area contributed by atoms with E-state index in [-0.39, 0.29) is 16.0 Å². The third-order valence-corrected chi connectivity index (χ3v) is 5.21. The predicted octanol–water partition coefficient (Wildman–Crippen LogP) is 3.63. The van der Waals surface area contributed by atoms with Crippen molar-refractivity contribution in [3.63, 3.8) is 0 Å². The number of benzene rings is 1. The first-order chi connectivity index (χ1) is 9.57. The smallest absolute Gasteiger partial charge is 0.262 e. The Hall–Kier alpha value is -0.660. The Morgan fingerprint density at radius 3 is 2.43 bits per heavy atom. The summed E-state index contributed by atoms with van der Waals surface area (Å²) in [6.07, 6.45) is 0. The van der Waals surface area contributed by atoms with Crippen molar-refractivity contribution in [2.75, 3.05) is 13.1 Å². The van der Waals surface area contributed by atoms with Crippen molar-refractivity contribution in [2.24, 2.45) is 5.92 Å². The zero-order valence-electron chi connectivity index (χ0n) is 11.9. The molecule has 0 saturated heterocycles. The lowest BCUT2D eigenvalue weighted by Crippen LogP contribution is -2.34. The van der Waals surface area contributed by atoms with Crippen LogP contribution in [0, 0.1) is 11.7 Å². The van der Waals surface area contributed by atoms with E-state index in [1.165, 1.54) is 4.90 Å². The number of hydrogen-bond acceptors (Lipinski definition) is 3. The van der Waals surface area contributed by atoms with E-state index in [1.807, 2.05) is 13.8 Å². The molecule has 0 fully saturated rings. The molecule has 8 heteroatoms.